The summed E-state index contributed by atoms with van der Waals surface area (Å²) in [7, 11) is 0. The normalized spacial score (nSPS) is 18.9. The first kappa shape index (κ1) is 18.6. The summed E-state index contributed by atoms with van der Waals surface area (Å²) in [6.07, 6.45) is 2.20. The van der Waals surface area contributed by atoms with Crippen molar-refractivity contribution in [3.8, 4) is 0 Å². The molecule has 2 aliphatic heterocycles. The van der Waals surface area contributed by atoms with Crippen LogP contribution in [0.4, 0.5) is 0 Å². The molecule has 1 spiro atoms. The van der Waals surface area contributed by atoms with Gasteiger partial charge in [0.1, 0.15) is 0 Å². The molecule has 2 saturated heterocycles. The largest absolute Gasteiger partial charge is 0.342 e. The van der Waals surface area contributed by atoms with Crippen LogP contribution in [0, 0.1) is 6.92 Å². The molecule has 27 heavy (non-hydrogen) atoms. The molecular weight excluding hydrogens is 376 g/mol. The molecule has 3 heterocycles. The standard InChI is InChI=1S/C21H24N2O2S2/c1-16-5-2-3-7-18(16)20(25)23-12-14-27-21(23)8-10-22(11-9-21)19(24)15-17-6-4-13-26-17/h2-7,13H,8-12,14-15H2,1H3. The van der Waals surface area contributed by atoms with Crippen LogP contribution < -0.4 is 0 Å². The average Bonchev–Trinajstić information content (AvgIpc) is 3.32. The highest BCUT2D eigenvalue weighted by Gasteiger charge is 2.47. The summed E-state index contributed by atoms with van der Waals surface area (Å²) in [6.45, 7) is 4.25. The molecule has 4 nitrogen and oxygen atoms in total. The quantitative estimate of drug-likeness (QED) is 0.787. The summed E-state index contributed by atoms with van der Waals surface area (Å²) in [6, 6.07) is 11.8. The second kappa shape index (κ2) is 7.68. The summed E-state index contributed by atoms with van der Waals surface area (Å²) in [5.41, 5.74) is 1.83. The second-order valence-corrected chi connectivity index (χ2v) is 9.69. The Morgan fingerprint density at radius 1 is 1.07 bits per heavy atom. The van der Waals surface area contributed by atoms with Gasteiger partial charge >= 0.3 is 0 Å². The molecule has 2 fully saturated rings. The van der Waals surface area contributed by atoms with E-state index < -0.39 is 0 Å². The van der Waals surface area contributed by atoms with Gasteiger partial charge in [-0.15, -0.1) is 23.1 Å². The van der Waals surface area contributed by atoms with Crippen LogP contribution in [0.5, 0.6) is 0 Å². The number of thiophene rings is 1. The number of aryl methyl sites for hydroxylation is 1. The van der Waals surface area contributed by atoms with Crippen molar-refractivity contribution < 1.29 is 9.59 Å². The summed E-state index contributed by atoms with van der Waals surface area (Å²) in [5.74, 6) is 1.31. The summed E-state index contributed by atoms with van der Waals surface area (Å²) in [4.78, 5) is 30.8. The molecule has 0 bridgehead atoms. The lowest BCUT2D eigenvalue weighted by atomic mass is 9.99. The minimum Gasteiger partial charge on any atom is -0.342 e. The number of rotatable bonds is 3. The molecule has 2 aliphatic rings. The number of carbonyl (C=O) groups excluding carboxylic acids is 2. The number of thioether (sulfide) groups is 1. The predicted octanol–water partition coefficient (Wildman–Crippen LogP) is 3.81. The van der Waals surface area contributed by atoms with E-state index in [0.29, 0.717) is 6.42 Å². The van der Waals surface area contributed by atoms with E-state index in [1.165, 1.54) is 0 Å². The Morgan fingerprint density at radius 2 is 1.85 bits per heavy atom. The van der Waals surface area contributed by atoms with Gasteiger partial charge < -0.3 is 9.80 Å². The molecule has 2 aromatic rings. The first-order valence-electron chi connectivity index (χ1n) is 9.41. The molecule has 142 valence electrons. The van der Waals surface area contributed by atoms with Crippen molar-refractivity contribution in [3.63, 3.8) is 0 Å². The monoisotopic (exact) mass is 400 g/mol. The van der Waals surface area contributed by atoms with E-state index in [2.05, 4.69) is 4.90 Å². The number of likely N-dealkylation sites (tertiary alicyclic amines) is 1. The number of hydrogen-bond acceptors (Lipinski definition) is 4. The molecule has 0 saturated carbocycles. The third-order valence-electron chi connectivity index (χ3n) is 5.60. The first-order chi connectivity index (χ1) is 13.1. The fourth-order valence-corrected chi connectivity index (χ4v) is 6.20. The lowest BCUT2D eigenvalue weighted by molar-refractivity contribution is -0.132. The molecule has 4 rings (SSSR count). The van der Waals surface area contributed by atoms with Crippen LogP contribution in [-0.2, 0) is 11.2 Å². The van der Waals surface area contributed by atoms with Gasteiger partial charge in [0.2, 0.25) is 5.91 Å². The summed E-state index contributed by atoms with van der Waals surface area (Å²) >= 11 is 3.52. The lowest BCUT2D eigenvalue weighted by Crippen LogP contribution is -2.53. The first-order valence-corrected chi connectivity index (χ1v) is 11.3. The highest BCUT2D eigenvalue weighted by atomic mass is 32.2. The Bertz CT molecular complexity index is 826. The Balaban J connectivity index is 1.44. The summed E-state index contributed by atoms with van der Waals surface area (Å²) in [5, 5.41) is 2.01. The number of carbonyl (C=O) groups is 2. The van der Waals surface area contributed by atoms with Crippen molar-refractivity contribution in [3.05, 3.63) is 57.8 Å². The third-order valence-corrected chi connectivity index (χ3v) is 8.03. The topological polar surface area (TPSA) is 40.6 Å². The number of hydrogen-bond donors (Lipinski definition) is 0. The lowest BCUT2D eigenvalue weighted by Gasteiger charge is -2.44. The van der Waals surface area contributed by atoms with E-state index in [1.807, 2.05) is 65.4 Å². The molecule has 1 aromatic carbocycles. The maximum Gasteiger partial charge on any atom is 0.255 e. The van der Waals surface area contributed by atoms with Crippen LogP contribution in [0.3, 0.4) is 0 Å². The maximum atomic E-state index is 13.2. The highest BCUT2D eigenvalue weighted by Crippen LogP contribution is 2.44. The minimum atomic E-state index is -0.154. The molecule has 0 atom stereocenters. The van der Waals surface area contributed by atoms with Crippen LogP contribution in [-0.4, -0.2) is 51.9 Å². The molecule has 6 heteroatoms. The molecule has 2 amide bonds. The van der Waals surface area contributed by atoms with Gasteiger partial charge in [0.25, 0.3) is 5.91 Å². The van der Waals surface area contributed by atoms with Gasteiger partial charge in [-0.2, -0.15) is 0 Å². The zero-order chi connectivity index (χ0) is 18.9. The molecule has 0 N–H and O–H groups in total. The van der Waals surface area contributed by atoms with Gasteiger partial charge in [-0.05, 0) is 42.8 Å². The van der Waals surface area contributed by atoms with E-state index in [0.717, 1.165) is 54.2 Å². The zero-order valence-electron chi connectivity index (χ0n) is 15.5. The van der Waals surface area contributed by atoms with Crippen LogP contribution in [0.15, 0.2) is 41.8 Å². The molecule has 1 aromatic heterocycles. The van der Waals surface area contributed by atoms with E-state index in [9.17, 15) is 9.59 Å². The molecule has 0 radical (unpaired) electrons. The summed E-state index contributed by atoms with van der Waals surface area (Å²) < 4.78 is 0. The van der Waals surface area contributed by atoms with Gasteiger partial charge in [0, 0.05) is 35.8 Å². The number of nitrogens with zero attached hydrogens (tertiary/aromatic N) is 2. The maximum absolute atomic E-state index is 13.2. The van der Waals surface area contributed by atoms with Crippen molar-refractivity contribution in [2.24, 2.45) is 0 Å². The number of benzene rings is 1. The number of piperidine rings is 1. The van der Waals surface area contributed by atoms with Gasteiger partial charge in [-0.25, -0.2) is 0 Å². The third kappa shape index (κ3) is 3.65. The van der Waals surface area contributed by atoms with Crippen LogP contribution in [0.1, 0.15) is 33.6 Å². The Morgan fingerprint density at radius 3 is 2.56 bits per heavy atom. The molecule has 0 unspecified atom stereocenters. The fourth-order valence-electron chi connectivity index (χ4n) is 4.05. The SMILES string of the molecule is Cc1ccccc1C(=O)N1CCSC12CCN(C(=O)Cc1cccs1)CC2. The number of amides is 2. The smallest absolute Gasteiger partial charge is 0.255 e. The van der Waals surface area contributed by atoms with Gasteiger partial charge in [0.15, 0.2) is 0 Å². The van der Waals surface area contributed by atoms with E-state index in [1.54, 1.807) is 11.3 Å². The van der Waals surface area contributed by atoms with Gasteiger partial charge in [-0.1, -0.05) is 24.3 Å². The van der Waals surface area contributed by atoms with Crippen molar-refractivity contribution in [2.45, 2.75) is 31.1 Å². The zero-order valence-corrected chi connectivity index (χ0v) is 17.2. The van der Waals surface area contributed by atoms with Crippen LogP contribution in [0.25, 0.3) is 0 Å². The second-order valence-electron chi connectivity index (χ2n) is 7.20. The van der Waals surface area contributed by atoms with Crippen molar-refractivity contribution in [2.75, 3.05) is 25.4 Å². The average molecular weight is 401 g/mol. The highest BCUT2D eigenvalue weighted by molar-refractivity contribution is 8.00. The van der Waals surface area contributed by atoms with Crippen molar-refractivity contribution >= 4 is 34.9 Å². The molecular formula is C21H24N2O2S2. The van der Waals surface area contributed by atoms with Gasteiger partial charge in [0.05, 0.1) is 11.3 Å². The van der Waals surface area contributed by atoms with Crippen molar-refractivity contribution in [1.82, 2.24) is 9.80 Å². The van der Waals surface area contributed by atoms with E-state index in [4.69, 9.17) is 0 Å². The van der Waals surface area contributed by atoms with Crippen molar-refractivity contribution in [1.29, 1.82) is 0 Å². The Labute approximate surface area is 168 Å². The van der Waals surface area contributed by atoms with Crippen LogP contribution >= 0.6 is 23.1 Å². The Hall–Kier alpha value is -1.79. The minimum absolute atomic E-state index is 0.136. The molecule has 0 aliphatic carbocycles. The van der Waals surface area contributed by atoms with Crippen LogP contribution in [0.2, 0.25) is 0 Å². The van der Waals surface area contributed by atoms with E-state index in [-0.39, 0.29) is 16.7 Å². The Kier molecular flexibility index (Phi) is 5.28. The fraction of sp³-hybridized carbons (Fsp3) is 0.429. The van der Waals surface area contributed by atoms with E-state index >= 15 is 0 Å². The van der Waals surface area contributed by atoms with Gasteiger partial charge in [-0.3, -0.25) is 9.59 Å². The predicted molar refractivity (Wildman–Crippen MR) is 111 cm³/mol.